The summed E-state index contributed by atoms with van der Waals surface area (Å²) in [6.07, 6.45) is 0. The molecule has 3 heterocycles. The van der Waals surface area contributed by atoms with E-state index in [-0.39, 0.29) is 0 Å². The number of nitrogens with zero attached hydrogens (tertiary/aromatic N) is 6. The van der Waals surface area contributed by atoms with Gasteiger partial charge in [0.1, 0.15) is 6.07 Å². The molecule has 0 spiro atoms. The van der Waals surface area contributed by atoms with Gasteiger partial charge in [-0.05, 0) is 68.4 Å². The number of aromatic nitrogens is 5. The minimum absolute atomic E-state index is 0.498. The Hall–Kier alpha value is -6.58. The Bertz CT molecular complexity index is 2650. The second-order valence-corrected chi connectivity index (χ2v) is 12.2. The molecular weight excluding hydrogens is 589 g/mol. The van der Waals surface area contributed by atoms with E-state index in [4.69, 9.17) is 15.0 Å². The van der Waals surface area contributed by atoms with E-state index in [0.29, 0.717) is 23.2 Å². The third-order valence-electron chi connectivity index (χ3n) is 9.13. The zero-order valence-corrected chi connectivity index (χ0v) is 26.4. The fraction of sp³-hybridized carbons (Fsp3) is 0.0476. The van der Waals surface area contributed by atoms with E-state index in [9.17, 15) is 5.26 Å². The van der Waals surface area contributed by atoms with Crippen LogP contribution in [0.15, 0.2) is 133 Å². The highest BCUT2D eigenvalue weighted by atomic mass is 15.2. The van der Waals surface area contributed by atoms with Gasteiger partial charge in [-0.15, -0.1) is 0 Å². The fourth-order valence-corrected chi connectivity index (χ4v) is 6.92. The first-order valence-corrected chi connectivity index (χ1v) is 15.9. The molecule has 0 fully saturated rings. The van der Waals surface area contributed by atoms with Crippen LogP contribution < -0.4 is 0 Å². The van der Waals surface area contributed by atoms with Gasteiger partial charge in [-0.1, -0.05) is 90.0 Å². The maximum atomic E-state index is 10.5. The van der Waals surface area contributed by atoms with Crippen molar-refractivity contribution < 1.29 is 0 Å². The van der Waals surface area contributed by atoms with Gasteiger partial charge in [0, 0.05) is 32.7 Å². The van der Waals surface area contributed by atoms with Crippen LogP contribution in [0.2, 0.25) is 0 Å². The van der Waals surface area contributed by atoms with Crippen molar-refractivity contribution in [3.63, 3.8) is 0 Å². The molecule has 3 aromatic heterocycles. The van der Waals surface area contributed by atoms with Gasteiger partial charge in [0.25, 0.3) is 0 Å². The van der Waals surface area contributed by atoms with Gasteiger partial charge < -0.3 is 4.57 Å². The summed E-state index contributed by atoms with van der Waals surface area (Å²) in [5.41, 5.74) is 9.50. The Kier molecular flexibility index (Phi) is 6.21. The molecule has 9 aromatic rings. The largest absolute Gasteiger partial charge is 0.308 e. The first-order valence-electron chi connectivity index (χ1n) is 15.9. The van der Waals surface area contributed by atoms with E-state index >= 15 is 0 Å². The summed E-state index contributed by atoms with van der Waals surface area (Å²) in [5.74, 6) is 1.59. The van der Waals surface area contributed by atoms with E-state index < -0.39 is 0 Å². The quantitative estimate of drug-likeness (QED) is 0.197. The molecule has 0 aliphatic rings. The number of nitriles is 1. The molecule has 0 atom stereocenters. The molecular formula is C42H28N6. The van der Waals surface area contributed by atoms with Gasteiger partial charge in [0.15, 0.2) is 11.6 Å². The number of aryl methyl sites for hydroxylation is 2. The Morgan fingerprint density at radius 2 is 1.02 bits per heavy atom. The van der Waals surface area contributed by atoms with Crippen LogP contribution in [-0.2, 0) is 0 Å². The number of benzene rings is 6. The van der Waals surface area contributed by atoms with Gasteiger partial charge in [-0.3, -0.25) is 4.57 Å². The summed E-state index contributed by atoms with van der Waals surface area (Å²) in [6.45, 7) is 4.23. The van der Waals surface area contributed by atoms with Crippen LogP contribution in [0.3, 0.4) is 0 Å². The van der Waals surface area contributed by atoms with Crippen LogP contribution in [0, 0.1) is 25.2 Å². The molecule has 0 aliphatic carbocycles. The number of para-hydroxylation sites is 2. The summed E-state index contributed by atoms with van der Waals surface area (Å²) in [6, 6.07) is 47.9. The Morgan fingerprint density at radius 1 is 0.479 bits per heavy atom. The topological polar surface area (TPSA) is 72.3 Å². The minimum Gasteiger partial charge on any atom is -0.308 e. The monoisotopic (exact) mass is 616 g/mol. The molecule has 9 rings (SSSR count). The van der Waals surface area contributed by atoms with E-state index in [0.717, 1.165) is 60.4 Å². The van der Waals surface area contributed by atoms with E-state index in [1.54, 1.807) is 0 Å². The predicted molar refractivity (Wildman–Crippen MR) is 194 cm³/mol. The molecule has 0 radical (unpaired) electrons. The standard InChI is InChI=1S/C42H28N6/c1-26-16-19-38-33(22-26)34-23-27(2)17-20-39(34)48(38)42-45-40(28-10-4-3-5-11-28)44-41(46-42)29-18-21-35(30(24-29)25-43)47-36-14-8-6-12-31(36)32-13-7-9-15-37(32)47/h3-24H,1-2H3. The van der Waals surface area contributed by atoms with Crippen LogP contribution >= 0.6 is 0 Å². The number of hydrogen-bond donors (Lipinski definition) is 0. The summed E-state index contributed by atoms with van der Waals surface area (Å²) in [7, 11) is 0. The highest BCUT2D eigenvalue weighted by molar-refractivity contribution is 6.10. The smallest absolute Gasteiger partial charge is 0.238 e. The van der Waals surface area contributed by atoms with Crippen molar-refractivity contribution in [2.75, 3.05) is 0 Å². The van der Waals surface area contributed by atoms with E-state index in [1.807, 2.05) is 60.7 Å². The van der Waals surface area contributed by atoms with E-state index in [1.165, 1.54) is 11.1 Å². The summed E-state index contributed by atoms with van der Waals surface area (Å²) < 4.78 is 4.29. The van der Waals surface area contributed by atoms with Crippen LogP contribution in [-0.4, -0.2) is 24.1 Å². The van der Waals surface area contributed by atoms with Gasteiger partial charge in [0.2, 0.25) is 5.95 Å². The van der Waals surface area contributed by atoms with Crippen LogP contribution in [0.25, 0.3) is 78.0 Å². The highest BCUT2D eigenvalue weighted by Gasteiger charge is 2.20. The lowest BCUT2D eigenvalue weighted by atomic mass is 10.1. The van der Waals surface area contributed by atoms with Gasteiger partial charge >= 0.3 is 0 Å². The molecule has 0 amide bonds. The molecule has 6 aromatic carbocycles. The molecule has 6 nitrogen and oxygen atoms in total. The van der Waals surface area contributed by atoms with Gasteiger partial charge in [-0.2, -0.15) is 15.2 Å². The highest BCUT2D eigenvalue weighted by Crippen LogP contribution is 2.36. The third kappa shape index (κ3) is 4.29. The number of fused-ring (bicyclic) bond motifs is 6. The SMILES string of the molecule is Cc1ccc2c(c1)c1cc(C)ccc1n2-c1nc(-c2ccccc2)nc(-c2ccc(-n3c4ccccc4c4ccccc43)c(C#N)c2)n1. The lowest BCUT2D eigenvalue weighted by Crippen LogP contribution is -2.07. The summed E-state index contributed by atoms with van der Waals surface area (Å²) in [5, 5.41) is 15.1. The van der Waals surface area contributed by atoms with Gasteiger partial charge in [-0.25, -0.2) is 4.98 Å². The lowest BCUT2D eigenvalue weighted by Gasteiger charge is -2.13. The van der Waals surface area contributed by atoms with Crippen molar-refractivity contribution in [2.24, 2.45) is 0 Å². The van der Waals surface area contributed by atoms with E-state index in [2.05, 4.69) is 102 Å². The molecule has 226 valence electrons. The molecule has 0 aliphatic heterocycles. The van der Waals surface area contributed by atoms with Gasteiger partial charge in [0.05, 0.1) is 33.3 Å². The lowest BCUT2D eigenvalue weighted by molar-refractivity contribution is 0.953. The Morgan fingerprint density at radius 3 is 1.62 bits per heavy atom. The average Bonchev–Trinajstić information content (AvgIpc) is 3.63. The molecule has 0 bridgehead atoms. The first-order chi connectivity index (χ1) is 23.6. The van der Waals surface area contributed by atoms with Crippen LogP contribution in [0.4, 0.5) is 0 Å². The molecule has 6 heteroatoms. The fourth-order valence-electron chi connectivity index (χ4n) is 6.92. The van der Waals surface area contributed by atoms with Crippen LogP contribution in [0.1, 0.15) is 16.7 Å². The van der Waals surface area contributed by atoms with Crippen molar-refractivity contribution >= 4 is 43.6 Å². The van der Waals surface area contributed by atoms with Crippen molar-refractivity contribution in [3.8, 4) is 40.5 Å². The third-order valence-corrected chi connectivity index (χ3v) is 9.13. The molecule has 0 saturated carbocycles. The maximum absolute atomic E-state index is 10.5. The summed E-state index contributed by atoms with van der Waals surface area (Å²) in [4.78, 5) is 15.2. The normalized spacial score (nSPS) is 11.5. The van der Waals surface area contributed by atoms with Crippen molar-refractivity contribution in [3.05, 3.63) is 150 Å². The van der Waals surface area contributed by atoms with Crippen molar-refractivity contribution in [1.29, 1.82) is 5.26 Å². The minimum atomic E-state index is 0.498. The van der Waals surface area contributed by atoms with Crippen molar-refractivity contribution in [2.45, 2.75) is 13.8 Å². The molecule has 0 saturated heterocycles. The second kappa shape index (κ2) is 10.8. The average molecular weight is 617 g/mol. The molecule has 0 N–H and O–H groups in total. The van der Waals surface area contributed by atoms with Crippen LogP contribution in [0.5, 0.6) is 0 Å². The Balaban J connectivity index is 1.29. The predicted octanol–water partition coefficient (Wildman–Crippen LogP) is 9.89. The summed E-state index contributed by atoms with van der Waals surface area (Å²) >= 11 is 0. The van der Waals surface area contributed by atoms with Crippen molar-refractivity contribution in [1.82, 2.24) is 24.1 Å². The zero-order valence-electron chi connectivity index (χ0n) is 26.4. The number of rotatable bonds is 4. The zero-order chi connectivity index (χ0) is 32.4. The number of hydrogen-bond acceptors (Lipinski definition) is 4. The second-order valence-electron chi connectivity index (χ2n) is 12.2. The molecule has 48 heavy (non-hydrogen) atoms. The maximum Gasteiger partial charge on any atom is 0.238 e. The first kappa shape index (κ1) is 27.7. The Labute approximate surface area is 276 Å². The molecule has 0 unspecified atom stereocenters.